The lowest BCUT2D eigenvalue weighted by Gasteiger charge is -2.20. The van der Waals surface area contributed by atoms with E-state index in [2.05, 4.69) is 0 Å². The number of amides is 1. The zero-order chi connectivity index (χ0) is 14.9. The van der Waals surface area contributed by atoms with E-state index in [-0.39, 0.29) is 10.6 Å². The summed E-state index contributed by atoms with van der Waals surface area (Å²) in [5, 5.41) is 0.501. The van der Waals surface area contributed by atoms with Crippen molar-refractivity contribution in [2.45, 2.75) is 0 Å². The van der Waals surface area contributed by atoms with Crippen LogP contribution >= 0.6 is 23.2 Å². The number of rotatable bonds is 2. The largest absolute Gasteiger partial charge is 0.397 e. The van der Waals surface area contributed by atoms with E-state index >= 15 is 0 Å². The quantitative estimate of drug-likeness (QED) is 0.852. The summed E-state index contributed by atoms with van der Waals surface area (Å²) in [6.07, 6.45) is 0. The molecule has 20 heavy (non-hydrogen) atoms. The molecule has 0 saturated heterocycles. The Hall–Kier alpha value is -1.78. The molecule has 2 aromatic carbocycles. The Balaban J connectivity index is 2.40. The molecule has 2 rings (SSSR count). The zero-order valence-electron chi connectivity index (χ0n) is 10.5. The molecule has 0 aromatic heterocycles. The van der Waals surface area contributed by atoms with Gasteiger partial charge >= 0.3 is 0 Å². The van der Waals surface area contributed by atoms with Gasteiger partial charge in [-0.3, -0.25) is 4.79 Å². The van der Waals surface area contributed by atoms with Crippen molar-refractivity contribution in [3.63, 3.8) is 0 Å². The van der Waals surface area contributed by atoms with E-state index in [0.717, 1.165) is 6.07 Å². The molecular weight excluding hydrogens is 302 g/mol. The van der Waals surface area contributed by atoms with Gasteiger partial charge < -0.3 is 10.6 Å². The molecule has 104 valence electrons. The number of benzene rings is 2. The first kappa shape index (κ1) is 14.6. The second-order valence-corrected chi connectivity index (χ2v) is 5.04. The van der Waals surface area contributed by atoms with Gasteiger partial charge in [-0.1, -0.05) is 23.2 Å². The lowest BCUT2D eigenvalue weighted by Crippen LogP contribution is -2.27. The highest BCUT2D eigenvalue weighted by molar-refractivity contribution is 6.34. The van der Waals surface area contributed by atoms with Crippen LogP contribution in [0.15, 0.2) is 36.4 Å². The van der Waals surface area contributed by atoms with Crippen molar-refractivity contribution in [2.75, 3.05) is 17.7 Å². The number of nitrogen functional groups attached to an aromatic ring is 1. The molecular formula is C14H11Cl2FN2O. The third-order valence-electron chi connectivity index (χ3n) is 2.82. The summed E-state index contributed by atoms with van der Waals surface area (Å²) in [5.41, 5.74) is 6.88. The van der Waals surface area contributed by atoms with E-state index in [4.69, 9.17) is 28.9 Å². The molecule has 0 aliphatic heterocycles. The molecule has 0 heterocycles. The van der Waals surface area contributed by atoms with Crippen molar-refractivity contribution in [1.29, 1.82) is 0 Å². The maximum absolute atomic E-state index is 13.0. The van der Waals surface area contributed by atoms with Gasteiger partial charge in [0, 0.05) is 12.1 Å². The summed E-state index contributed by atoms with van der Waals surface area (Å²) in [6, 6.07) is 8.40. The number of nitrogens with zero attached hydrogens (tertiary/aromatic N) is 1. The van der Waals surface area contributed by atoms with Crippen LogP contribution in [0.25, 0.3) is 0 Å². The van der Waals surface area contributed by atoms with E-state index in [1.165, 1.54) is 17.0 Å². The summed E-state index contributed by atoms with van der Waals surface area (Å²) in [5.74, 6) is -0.902. The van der Waals surface area contributed by atoms with Gasteiger partial charge in [-0.05, 0) is 36.4 Å². The number of halogens is 3. The van der Waals surface area contributed by atoms with Crippen molar-refractivity contribution in [2.24, 2.45) is 0 Å². The van der Waals surface area contributed by atoms with Crippen LogP contribution in [0.3, 0.4) is 0 Å². The molecule has 0 aliphatic carbocycles. The highest BCUT2D eigenvalue weighted by Gasteiger charge is 2.18. The van der Waals surface area contributed by atoms with Crippen LogP contribution in [0.1, 0.15) is 10.4 Å². The third kappa shape index (κ3) is 2.86. The molecule has 2 N–H and O–H groups in total. The van der Waals surface area contributed by atoms with Gasteiger partial charge in [-0.25, -0.2) is 4.39 Å². The topological polar surface area (TPSA) is 46.3 Å². The average molecular weight is 313 g/mol. The number of anilines is 2. The Bertz CT molecular complexity index is 676. The fourth-order valence-corrected chi connectivity index (χ4v) is 2.17. The first-order valence-electron chi connectivity index (χ1n) is 5.68. The van der Waals surface area contributed by atoms with E-state index in [1.54, 1.807) is 25.2 Å². The number of carbonyl (C=O) groups is 1. The summed E-state index contributed by atoms with van der Waals surface area (Å²) in [7, 11) is 1.55. The summed E-state index contributed by atoms with van der Waals surface area (Å²) in [4.78, 5) is 13.7. The predicted molar refractivity (Wildman–Crippen MR) is 80.0 cm³/mol. The monoisotopic (exact) mass is 312 g/mol. The number of nitrogens with two attached hydrogens (primary N) is 1. The van der Waals surface area contributed by atoms with E-state index in [0.29, 0.717) is 16.4 Å². The van der Waals surface area contributed by atoms with Gasteiger partial charge in [0.2, 0.25) is 0 Å². The third-order valence-corrected chi connectivity index (χ3v) is 3.37. The summed E-state index contributed by atoms with van der Waals surface area (Å²) >= 11 is 11.8. The van der Waals surface area contributed by atoms with Crippen LogP contribution in [0.4, 0.5) is 15.8 Å². The lowest BCUT2D eigenvalue weighted by atomic mass is 10.1. The summed E-state index contributed by atoms with van der Waals surface area (Å²) in [6.45, 7) is 0. The van der Waals surface area contributed by atoms with E-state index in [9.17, 15) is 9.18 Å². The lowest BCUT2D eigenvalue weighted by molar-refractivity contribution is 0.0993. The van der Waals surface area contributed by atoms with Crippen LogP contribution in [-0.4, -0.2) is 13.0 Å². The minimum absolute atomic E-state index is 0.0439. The first-order valence-corrected chi connectivity index (χ1v) is 6.44. The van der Waals surface area contributed by atoms with Crippen LogP contribution in [0, 0.1) is 5.82 Å². The average Bonchev–Trinajstić information content (AvgIpc) is 2.40. The molecule has 0 aliphatic rings. The molecule has 0 bridgehead atoms. The molecule has 3 nitrogen and oxygen atoms in total. The maximum Gasteiger partial charge on any atom is 0.259 e. The minimum atomic E-state index is -0.503. The fraction of sp³-hybridized carbons (Fsp3) is 0.0714. The Morgan fingerprint density at radius 1 is 1.20 bits per heavy atom. The standard InChI is InChI=1S/C14H11Cl2FN2O/c1-19(13-6-8(15)2-5-12(13)18)14(20)10-4-3-9(17)7-11(10)16/h2-7H,18H2,1H3. The molecule has 6 heteroatoms. The van der Waals surface area contributed by atoms with Crippen molar-refractivity contribution >= 4 is 40.5 Å². The van der Waals surface area contributed by atoms with Gasteiger partial charge in [-0.2, -0.15) is 0 Å². The van der Waals surface area contributed by atoms with E-state index < -0.39 is 11.7 Å². The van der Waals surface area contributed by atoms with Crippen molar-refractivity contribution in [3.05, 3.63) is 57.8 Å². The Kier molecular flexibility index (Phi) is 4.16. The van der Waals surface area contributed by atoms with Crippen molar-refractivity contribution < 1.29 is 9.18 Å². The second-order valence-electron chi connectivity index (χ2n) is 4.19. The fourth-order valence-electron chi connectivity index (χ4n) is 1.76. The molecule has 0 unspecified atom stereocenters. The zero-order valence-corrected chi connectivity index (χ0v) is 12.0. The van der Waals surface area contributed by atoms with Gasteiger partial charge in [0.25, 0.3) is 5.91 Å². The van der Waals surface area contributed by atoms with Gasteiger partial charge in [-0.15, -0.1) is 0 Å². The van der Waals surface area contributed by atoms with Crippen molar-refractivity contribution in [3.8, 4) is 0 Å². The number of carbonyl (C=O) groups excluding carboxylic acids is 1. The molecule has 0 atom stereocenters. The van der Waals surface area contributed by atoms with E-state index in [1.807, 2.05) is 0 Å². The second kappa shape index (κ2) is 5.69. The predicted octanol–water partition coefficient (Wildman–Crippen LogP) is 3.99. The molecule has 0 spiro atoms. The number of hydrogen-bond donors (Lipinski definition) is 1. The molecule has 1 amide bonds. The maximum atomic E-state index is 13.0. The first-order chi connectivity index (χ1) is 9.40. The normalized spacial score (nSPS) is 10.4. The van der Waals surface area contributed by atoms with Crippen LogP contribution in [0.2, 0.25) is 10.0 Å². The Morgan fingerprint density at radius 3 is 2.55 bits per heavy atom. The van der Waals surface area contributed by atoms with Crippen LogP contribution < -0.4 is 10.6 Å². The molecule has 0 radical (unpaired) electrons. The van der Waals surface area contributed by atoms with Crippen LogP contribution in [0.5, 0.6) is 0 Å². The molecule has 0 saturated carbocycles. The van der Waals surface area contributed by atoms with Gasteiger partial charge in [0.05, 0.1) is 22.0 Å². The highest BCUT2D eigenvalue weighted by atomic mass is 35.5. The SMILES string of the molecule is CN(C(=O)c1ccc(F)cc1Cl)c1cc(Cl)ccc1N. The van der Waals surface area contributed by atoms with Gasteiger partial charge in [0.1, 0.15) is 5.82 Å². The molecule has 0 fully saturated rings. The van der Waals surface area contributed by atoms with Gasteiger partial charge in [0.15, 0.2) is 0 Å². The Labute approximate surface area is 125 Å². The smallest absolute Gasteiger partial charge is 0.259 e. The summed E-state index contributed by atoms with van der Waals surface area (Å²) < 4.78 is 13.0. The van der Waals surface area contributed by atoms with Crippen LogP contribution in [-0.2, 0) is 0 Å². The minimum Gasteiger partial charge on any atom is -0.397 e. The van der Waals surface area contributed by atoms with Crippen molar-refractivity contribution in [1.82, 2.24) is 0 Å². The highest BCUT2D eigenvalue weighted by Crippen LogP contribution is 2.28. The molecule has 2 aromatic rings. The number of hydrogen-bond acceptors (Lipinski definition) is 2. The Morgan fingerprint density at radius 2 is 1.90 bits per heavy atom.